The van der Waals surface area contributed by atoms with Gasteiger partial charge >= 0.3 is 5.97 Å². The fourth-order valence-corrected chi connectivity index (χ4v) is 2.20. The first-order valence-corrected chi connectivity index (χ1v) is 7.41. The smallest absolute Gasteiger partial charge is 0.333 e. The Hall–Kier alpha value is -1.60. The second kappa shape index (κ2) is 8.63. The molecule has 5 nitrogen and oxygen atoms in total. The molecule has 0 spiro atoms. The van der Waals surface area contributed by atoms with E-state index in [1.807, 2.05) is 0 Å². The summed E-state index contributed by atoms with van der Waals surface area (Å²) in [7, 11) is 0. The van der Waals surface area contributed by atoms with Crippen LogP contribution < -0.4 is 0 Å². The molecule has 0 aliphatic heterocycles. The number of ether oxygens (including phenoxy) is 1. The molecule has 0 saturated heterocycles. The van der Waals surface area contributed by atoms with Crippen LogP contribution in [0.4, 0.5) is 0 Å². The number of nitrogens with one attached hydrogen (secondary N) is 1. The van der Waals surface area contributed by atoms with Crippen LogP contribution in [0.3, 0.4) is 0 Å². The predicted molar refractivity (Wildman–Crippen MR) is 85.3 cm³/mol. The van der Waals surface area contributed by atoms with Gasteiger partial charge in [-0.15, -0.1) is 0 Å². The van der Waals surface area contributed by atoms with Crippen molar-refractivity contribution >= 4 is 36.3 Å². The summed E-state index contributed by atoms with van der Waals surface area (Å²) in [6, 6.07) is 1.63. The van der Waals surface area contributed by atoms with E-state index in [9.17, 15) is 9.59 Å². The first-order chi connectivity index (χ1) is 9.93. The van der Waals surface area contributed by atoms with Crippen molar-refractivity contribution in [2.45, 2.75) is 32.6 Å². The van der Waals surface area contributed by atoms with E-state index in [0.717, 1.165) is 6.42 Å². The van der Waals surface area contributed by atoms with E-state index in [0.29, 0.717) is 40.9 Å². The number of H-pyrrole nitrogens is 1. The van der Waals surface area contributed by atoms with Gasteiger partial charge in [-0.2, -0.15) is 0 Å². The van der Waals surface area contributed by atoms with Crippen LogP contribution in [0, 0.1) is 9.41 Å². The molecule has 0 radical (unpaired) electrons. The summed E-state index contributed by atoms with van der Waals surface area (Å²) in [6.45, 7) is 5.44. The number of aromatic amines is 1. The summed E-state index contributed by atoms with van der Waals surface area (Å²) in [4.78, 5) is 25.9. The van der Waals surface area contributed by atoms with Gasteiger partial charge in [-0.25, -0.2) is 9.36 Å². The zero-order chi connectivity index (χ0) is 15.8. The molecule has 1 heterocycles. The zero-order valence-corrected chi connectivity index (χ0v) is 13.5. The van der Waals surface area contributed by atoms with Gasteiger partial charge in [0, 0.05) is 18.2 Å². The first-order valence-electron chi connectivity index (χ1n) is 6.60. The van der Waals surface area contributed by atoms with Crippen LogP contribution in [-0.4, -0.2) is 28.0 Å². The van der Waals surface area contributed by atoms with Crippen LogP contribution >= 0.6 is 24.4 Å². The fourth-order valence-electron chi connectivity index (χ4n) is 1.61. The van der Waals surface area contributed by atoms with E-state index >= 15 is 0 Å². The maximum absolute atomic E-state index is 12.0. The van der Waals surface area contributed by atoms with E-state index in [4.69, 9.17) is 29.2 Å². The number of carbonyl (C=O) groups excluding carboxylic acids is 2. The number of hydrogen-bond donors (Lipinski definition) is 1. The standard InChI is InChI=1S/C14H18N2O3S2/c1-10(2)13(18)19-9-5-3-4-6-11(17)16-12(20)7-8-15-14(16)21/h7-8H,1,3-6,9H2,2H3,(H,15,21). The second-order valence-electron chi connectivity index (χ2n) is 4.58. The summed E-state index contributed by atoms with van der Waals surface area (Å²) in [5, 5.41) is 0. The Labute approximate surface area is 133 Å². The summed E-state index contributed by atoms with van der Waals surface area (Å²) in [5.41, 5.74) is 0.387. The molecule has 0 bridgehead atoms. The van der Waals surface area contributed by atoms with Crippen molar-refractivity contribution in [2.75, 3.05) is 6.61 Å². The van der Waals surface area contributed by atoms with Crippen molar-refractivity contribution < 1.29 is 14.3 Å². The number of rotatable bonds is 7. The molecule has 1 N–H and O–H groups in total. The lowest BCUT2D eigenvalue weighted by Gasteiger charge is -2.06. The third-order valence-corrected chi connectivity index (χ3v) is 3.34. The molecule has 0 fully saturated rings. The minimum Gasteiger partial charge on any atom is -0.462 e. The fraction of sp³-hybridized carbons (Fsp3) is 0.429. The van der Waals surface area contributed by atoms with Gasteiger partial charge in [0.05, 0.1) is 6.61 Å². The molecule has 0 atom stereocenters. The third-order valence-electron chi connectivity index (χ3n) is 2.72. The molecule has 0 aliphatic rings. The monoisotopic (exact) mass is 326 g/mol. The van der Waals surface area contributed by atoms with Crippen molar-refractivity contribution in [3.63, 3.8) is 0 Å². The highest BCUT2D eigenvalue weighted by Crippen LogP contribution is 2.05. The molecule has 21 heavy (non-hydrogen) atoms. The number of hydrogen-bond acceptors (Lipinski definition) is 5. The van der Waals surface area contributed by atoms with Crippen molar-refractivity contribution in [3.8, 4) is 0 Å². The van der Waals surface area contributed by atoms with Crippen LogP contribution in [0.5, 0.6) is 0 Å². The van der Waals surface area contributed by atoms with Crippen molar-refractivity contribution in [3.05, 3.63) is 33.8 Å². The average molecular weight is 326 g/mol. The lowest BCUT2D eigenvalue weighted by atomic mass is 10.2. The minimum absolute atomic E-state index is 0.124. The molecule has 0 amide bonds. The van der Waals surface area contributed by atoms with E-state index in [1.165, 1.54) is 4.57 Å². The molecule has 0 saturated carbocycles. The van der Waals surface area contributed by atoms with Crippen LogP contribution in [0.2, 0.25) is 0 Å². The van der Waals surface area contributed by atoms with Gasteiger partial charge in [0.2, 0.25) is 5.91 Å². The molecule has 1 aromatic heterocycles. The second-order valence-corrected chi connectivity index (χ2v) is 5.38. The Morgan fingerprint density at radius 3 is 2.67 bits per heavy atom. The van der Waals surface area contributed by atoms with E-state index in [-0.39, 0.29) is 11.9 Å². The number of esters is 1. The van der Waals surface area contributed by atoms with Crippen LogP contribution in [0.25, 0.3) is 0 Å². The number of nitrogens with zero attached hydrogens (tertiary/aromatic N) is 1. The van der Waals surface area contributed by atoms with Crippen LogP contribution in [0.15, 0.2) is 24.4 Å². The Morgan fingerprint density at radius 2 is 2.05 bits per heavy atom. The van der Waals surface area contributed by atoms with Crippen LogP contribution in [0.1, 0.15) is 37.4 Å². The molecular formula is C14H18N2O3S2. The third kappa shape index (κ3) is 5.73. The molecule has 1 rings (SSSR count). The lowest BCUT2D eigenvalue weighted by Crippen LogP contribution is -2.14. The number of unbranched alkanes of at least 4 members (excludes halogenated alkanes) is 2. The van der Waals surface area contributed by atoms with E-state index in [2.05, 4.69) is 11.6 Å². The molecule has 114 valence electrons. The highest BCUT2D eigenvalue weighted by Gasteiger charge is 2.07. The maximum atomic E-state index is 12.0. The zero-order valence-electron chi connectivity index (χ0n) is 11.9. The van der Waals surface area contributed by atoms with E-state index < -0.39 is 0 Å². The Bertz CT molecular complexity index is 618. The predicted octanol–water partition coefficient (Wildman–Crippen LogP) is 3.60. The van der Waals surface area contributed by atoms with Crippen molar-refractivity contribution in [1.29, 1.82) is 0 Å². The number of carbonyl (C=O) groups is 2. The number of aromatic nitrogens is 2. The Balaban J connectivity index is 2.32. The van der Waals surface area contributed by atoms with Gasteiger partial charge in [-0.1, -0.05) is 18.8 Å². The van der Waals surface area contributed by atoms with Crippen molar-refractivity contribution in [1.82, 2.24) is 9.55 Å². The van der Waals surface area contributed by atoms with Crippen LogP contribution in [-0.2, 0) is 9.53 Å². The topological polar surface area (TPSA) is 64.1 Å². The van der Waals surface area contributed by atoms with Gasteiger partial charge in [-0.3, -0.25) is 4.79 Å². The SMILES string of the molecule is C=C(C)C(=O)OCCCCCC(=O)n1c(=S)cc[nH]c1=S. The summed E-state index contributed by atoms with van der Waals surface area (Å²) < 4.78 is 7.00. The van der Waals surface area contributed by atoms with Crippen molar-refractivity contribution in [2.24, 2.45) is 0 Å². The molecule has 7 heteroatoms. The van der Waals surface area contributed by atoms with Gasteiger partial charge in [0.1, 0.15) is 4.64 Å². The molecule has 0 unspecified atom stereocenters. The Kier molecular flexibility index (Phi) is 7.18. The van der Waals surface area contributed by atoms with E-state index in [1.54, 1.807) is 19.2 Å². The average Bonchev–Trinajstić information content (AvgIpc) is 2.42. The quantitative estimate of drug-likeness (QED) is 0.359. The van der Waals surface area contributed by atoms with Gasteiger partial charge in [-0.05, 0) is 44.5 Å². The first kappa shape index (κ1) is 17.5. The van der Waals surface area contributed by atoms with Gasteiger partial charge < -0.3 is 9.72 Å². The highest BCUT2D eigenvalue weighted by molar-refractivity contribution is 7.72. The normalized spacial score (nSPS) is 10.1. The van der Waals surface area contributed by atoms with Gasteiger partial charge in [0.25, 0.3) is 0 Å². The minimum atomic E-state index is -0.382. The largest absolute Gasteiger partial charge is 0.462 e. The maximum Gasteiger partial charge on any atom is 0.333 e. The Morgan fingerprint density at radius 1 is 1.33 bits per heavy atom. The molecule has 0 aliphatic carbocycles. The summed E-state index contributed by atoms with van der Waals surface area (Å²) >= 11 is 10.1. The highest BCUT2D eigenvalue weighted by atomic mass is 32.1. The summed E-state index contributed by atoms with van der Waals surface area (Å²) in [6.07, 6.45) is 4.15. The van der Waals surface area contributed by atoms with Gasteiger partial charge in [0.15, 0.2) is 4.77 Å². The molecule has 1 aromatic rings. The summed E-state index contributed by atoms with van der Waals surface area (Å²) in [5.74, 6) is -0.506. The molecular weight excluding hydrogens is 308 g/mol. The molecule has 0 aromatic carbocycles. The lowest BCUT2D eigenvalue weighted by molar-refractivity contribution is -0.139.